The maximum absolute atomic E-state index is 9.17. The highest BCUT2D eigenvalue weighted by molar-refractivity contribution is 5.15. The van der Waals surface area contributed by atoms with Gasteiger partial charge in [-0.2, -0.15) is 0 Å². The van der Waals surface area contributed by atoms with Gasteiger partial charge in [0.15, 0.2) is 0 Å². The molecule has 1 aromatic carbocycles. The number of nitrogens with zero attached hydrogens (tertiary/aromatic N) is 1. The number of hydrogen-bond donors (Lipinski definition) is 2. The number of nitrogens with one attached hydrogen (secondary N) is 1. The minimum atomic E-state index is 0.277. The summed E-state index contributed by atoms with van der Waals surface area (Å²) in [4.78, 5) is 2.48. The lowest BCUT2D eigenvalue weighted by Crippen LogP contribution is -2.56. The molecule has 1 heterocycles. The van der Waals surface area contributed by atoms with Crippen molar-refractivity contribution in [2.75, 3.05) is 19.7 Å². The van der Waals surface area contributed by atoms with Gasteiger partial charge in [-0.3, -0.25) is 4.90 Å². The summed E-state index contributed by atoms with van der Waals surface area (Å²) in [5.41, 5.74) is 1.39. The summed E-state index contributed by atoms with van der Waals surface area (Å²) in [6.45, 7) is 7.94. The van der Waals surface area contributed by atoms with Crippen molar-refractivity contribution >= 4 is 0 Å². The van der Waals surface area contributed by atoms with Gasteiger partial charge in [-0.05, 0) is 17.9 Å². The van der Waals surface area contributed by atoms with Gasteiger partial charge in [0.2, 0.25) is 0 Å². The summed E-state index contributed by atoms with van der Waals surface area (Å²) in [5.74, 6) is 0.679. The van der Waals surface area contributed by atoms with Crippen LogP contribution in [0.5, 0.6) is 0 Å². The molecule has 3 heteroatoms. The summed E-state index contributed by atoms with van der Waals surface area (Å²) < 4.78 is 0. The van der Waals surface area contributed by atoms with Crippen LogP contribution in [0.25, 0.3) is 0 Å². The molecule has 0 aliphatic carbocycles. The second kappa shape index (κ2) is 7.04. The molecule has 1 aliphatic heterocycles. The number of benzene rings is 1. The van der Waals surface area contributed by atoms with E-state index in [0.717, 1.165) is 26.1 Å². The van der Waals surface area contributed by atoms with E-state index in [0.29, 0.717) is 18.0 Å². The molecule has 2 rings (SSSR count). The van der Waals surface area contributed by atoms with Crippen LogP contribution in [0.2, 0.25) is 0 Å². The van der Waals surface area contributed by atoms with Crippen LogP contribution in [-0.4, -0.2) is 41.8 Å². The standard InChI is InChI=1S/C16H26N2O/c1-13(2)17-16(8-9-19)15-11-18(12-15)10-14-6-4-3-5-7-14/h3-7,13,15-17,19H,8-12H2,1-2H3. The summed E-state index contributed by atoms with van der Waals surface area (Å²) >= 11 is 0. The van der Waals surface area contributed by atoms with E-state index in [4.69, 9.17) is 5.11 Å². The van der Waals surface area contributed by atoms with E-state index in [2.05, 4.69) is 54.4 Å². The van der Waals surface area contributed by atoms with Gasteiger partial charge in [0, 0.05) is 38.3 Å². The normalized spacial score (nSPS) is 18.5. The molecule has 1 aliphatic rings. The molecule has 0 spiro atoms. The van der Waals surface area contributed by atoms with Crippen LogP contribution in [0.4, 0.5) is 0 Å². The maximum Gasteiger partial charge on any atom is 0.0445 e. The molecule has 0 radical (unpaired) electrons. The topological polar surface area (TPSA) is 35.5 Å². The van der Waals surface area contributed by atoms with Gasteiger partial charge in [-0.1, -0.05) is 44.2 Å². The van der Waals surface area contributed by atoms with Gasteiger partial charge in [0.05, 0.1) is 0 Å². The van der Waals surface area contributed by atoms with Gasteiger partial charge in [-0.25, -0.2) is 0 Å². The van der Waals surface area contributed by atoms with Crippen LogP contribution in [-0.2, 0) is 6.54 Å². The molecule has 0 aromatic heterocycles. The summed E-state index contributed by atoms with van der Waals surface area (Å²) in [6, 6.07) is 11.6. The first-order valence-electron chi connectivity index (χ1n) is 7.32. The highest BCUT2D eigenvalue weighted by atomic mass is 16.3. The highest BCUT2D eigenvalue weighted by Crippen LogP contribution is 2.23. The fourth-order valence-electron chi connectivity index (χ4n) is 2.86. The van der Waals surface area contributed by atoms with Gasteiger partial charge in [-0.15, -0.1) is 0 Å². The SMILES string of the molecule is CC(C)NC(CCO)C1CN(Cc2ccccc2)C1. The van der Waals surface area contributed by atoms with Gasteiger partial charge >= 0.3 is 0 Å². The van der Waals surface area contributed by atoms with E-state index < -0.39 is 0 Å². The Balaban J connectivity index is 1.77. The van der Waals surface area contributed by atoms with Crippen molar-refractivity contribution in [3.63, 3.8) is 0 Å². The predicted octanol–water partition coefficient (Wildman–Crippen LogP) is 1.87. The number of rotatable bonds is 7. The predicted molar refractivity (Wildman–Crippen MR) is 79.0 cm³/mol. The number of likely N-dealkylation sites (tertiary alicyclic amines) is 1. The zero-order chi connectivity index (χ0) is 13.7. The van der Waals surface area contributed by atoms with Crippen molar-refractivity contribution in [1.82, 2.24) is 10.2 Å². The Labute approximate surface area is 116 Å². The van der Waals surface area contributed by atoms with E-state index in [-0.39, 0.29) is 6.61 Å². The molecule has 1 atom stereocenters. The highest BCUT2D eigenvalue weighted by Gasteiger charge is 2.32. The molecular weight excluding hydrogens is 236 g/mol. The quantitative estimate of drug-likeness (QED) is 0.787. The Morgan fingerprint density at radius 3 is 2.53 bits per heavy atom. The first-order chi connectivity index (χ1) is 9.19. The summed E-state index contributed by atoms with van der Waals surface area (Å²) in [6.07, 6.45) is 0.863. The van der Waals surface area contributed by atoms with Crippen LogP contribution in [0.3, 0.4) is 0 Å². The van der Waals surface area contributed by atoms with Crippen LogP contribution in [0.15, 0.2) is 30.3 Å². The van der Waals surface area contributed by atoms with E-state index in [1.165, 1.54) is 5.56 Å². The zero-order valence-electron chi connectivity index (χ0n) is 12.0. The zero-order valence-corrected chi connectivity index (χ0v) is 12.0. The van der Waals surface area contributed by atoms with Gasteiger partial charge in [0.25, 0.3) is 0 Å². The number of aliphatic hydroxyl groups is 1. The van der Waals surface area contributed by atoms with Crippen LogP contribution < -0.4 is 5.32 Å². The molecule has 3 nitrogen and oxygen atoms in total. The minimum absolute atomic E-state index is 0.277. The third kappa shape index (κ3) is 4.30. The molecule has 0 bridgehead atoms. The monoisotopic (exact) mass is 262 g/mol. The third-order valence-electron chi connectivity index (χ3n) is 3.79. The Morgan fingerprint density at radius 2 is 1.95 bits per heavy atom. The number of aliphatic hydroxyl groups excluding tert-OH is 1. The second-order valence-electron chi connectivity index (χ2n) is 5.88. The van der Waals surface area contributed by atoms with Gasteiger partial charge < -0.3 is 10.4 Å². The molecule has 0 saturated carbocycles. The Bertz CT molecular complexity index is 360. The Kier molecular flexibility index (Phi) is 5.37. The smallest absolute Gasteiger partial charge is 0.0445 e. The Hall–Kier alpha value is -0.900. The first kappa shape index (κ1) is 14.5. The van der Waals surface area contributed by atoms with Crippen LogP contribution in [0, 0.1) is 5.92 Å². The average molecular weight is 262 g/mol. The van der Waals surface area contributed by atoms with Gasteiger partial charge in [0.1, 0.15) is 0 Å². The molecule has 1 fully saturated rings. The molecule has 106 valence electrons. The van der Waals surface area contributed by atoms with Crippen molar-refractivity contribution in [2.45, 2.75) is 38.9 Å². The van der Waals surface area contributed by atoms with E-state index in [9.17, 15) is 0 Å². The lowest BCUT2D eigenvalue weighted by molar-refractivity contribution is 0.0537. The van der Waals surface area contributed by atoms with Crippen molar-refractivity contribution in [1.29, 1.82) is 0 Å². The molecule has 0 amide bonds. The van der Waals surface area contributed by atoms with E-state index in [1.54, 1.807) is 0 Å². The lowest BCUT2D eigenvalue weighted by Gasteiger charge is -2.44. The van der Waals surface area contributed by atoms with Crippen LogP contribution >= 0.6 is 0 Å². The molecular formula is C16H26N2O. The Morgan fingerprint density at radius 1 is 1.26 bits per heavy atom. The van der Waals surface area contributed by atoms with Crippen molar-refractivity contribution < 1.29 is 5.11 Å². The van der Waals surface area contributed by atoms with Crippen LogP contribution in [0.1, 0.15) is 25.8 Å². The largest absolute Gasteiger partial charge is 0.396 e. The van der Waals surface area contributed by atoms with E-state index in [1.807, 2.05) is 0 Å². The van der Waals surface area contributed by atoms with Crippen molar-refractivity contribution in [3.05, 3.63) is 35.9 Å². The van der Waals surface area contributed by atoms with E-state index >= 15 is 0 Å². The summed E-state index contributed by atoms with van der Waals surface area (Å²) in [7, 11) is 0. The fraction of sp³-hybridized carbons (Fsp3) is 0.625. The maximum atomic E-state index is 9.17. The first-order valence-corrected chi connectivity index (χ1v) is 7.32. The fourth-order valence-corrected chi connectivity index (χ4v) is 2.86. The lowest BCUT2D eigenvalue weighted by atomic mass is 9.88. The molecule has 2 N–H and O–H groups in total. The molecule has 1 aromatic rings. The number of hydrogen-bond acceptors (Lipinski definition) is 3. The van der Waals surface area contributed by atoms with Crippen molar-refractivity contribution in [3.8, 4) is 0 Å². The van der Waals surface area contributed by atoms with Crippen molar-refractivity contribution in [2.24, 2.45) is 5.92 Å². The molecule has 19 heavy (non-hydrogen) atoms. The third-order valence-corrected chi connectivity index (χ3v) is 3.79. The second-order valence-corrected chi connectivity index (χ2v) is 5.88. The average Bonchev–Trinajstić information content (AvgIpc) is 2.33. The molecule has 1 unspecified atom stereocenters. The minimum Gasteiger partial charge on any atom is -0.396 e. The molecule has 1 saturated heterocycles. The summed E-state index contributed by atoms with van der Waals surface area (Å²) in [5, 5.41) is 12.7.